The third-order valence-corrected chi connectivity index (χ3v) is 6.76. The summed E-state index contributed by atoms with van der Waals surface area (Å²) >= 11 is 6.03. The molecule has 0 aliphatic heterocycles. The fourth-order valence-corrected chi connectivity index (χ4v) is 4.42. The van der Waals surface area contributed by atoms with E-state index in [0.717, 1.165) is 10.5 Å². The second kappa shape index (κ2) is 13.2. The molecule has 14 heteroatoms. The Balaban J connectivity index is 2.05. The summed E-state index contributed by atoms with van der Waals surface area (Å²) < 4.78 is 86.4. The van der Waals surface area contributed by atoms with Crippen LogP contribution in [0.5, 0.6) is 17.4 Å². The normalized spacial score (nSPS) is 11.7. The Labute approximate surface area is 234 Å². The number of hydrogen-bond donors (Lipinski definition) is 0. The van der Waals surface area contributed by atoms with Crippen LogP contribution in [-0.4, -0.2) is 46.4 Å². The van der Waals surface area contributed by atoms with Crippen LogP contribution >= 0.6 is 11.6 Å². The molecule has 40 heavy (non-hydrogen) atoms. The zero-order valence-corrected chi connectivity index (χ0v) is 23.3. The minimum Gasteiger partial charge on any atom is -0.489 e. The van der Waals surface area contributed by atoms with E-state index in [-0.39, 0.29) is 47.7 Å². The number of benzene rings is 2. The van der Waals surface area contributed by atoms with Gasteiger partial charge in [0.05, 0.1) is 12.2 Å². The number of aryl methyl sites for hydroxylation is 1. The van der Waals surface area contributed by atoms with E-state index >= 15 is 0 Å². The third kappa shape index (κ3) is 7.77. The Bertz CT molecular complexity index is 1440. The zero-order chi connectivity index (χ0) is 29.5. The fourth-order valence-electron chi connectivity index (χ4n) is 3.37. The number of rotatable bonds is 11. The van der Waals surface area contributed by atoms with Gasteiger partial charge < -0.3 is 18.4 Å². The van der Waals surface area contributed by atoms with E-state index in [1.165, 1.54) is 37.4 Å². The molecule has 0 aliphatic carbocycles. The number of methoxy groups -OCH3 is 1. The maximum Gasteiger partial charge on any atom is 0.430 e. The summed E-state index contributed by atoms with van der Waals surface area (Å²) in [6.07, 6.45) is -5.04. The molecule has 0 fully saturated rings. The number of aromatic nitrogens is 1. The second-order valence-electron chi connectivity index (χ2n) is 8.32. The number of anilines is 1. The Morgan fingerprint density at radius 1 is 1.07 bits per heavy atom. The molecule has 0 unspecified atom stereocenters. The van der Waals surface area contributed by atoms with E-state index in [9.17, 15) is 26.4 Å². The van der Waals surface area contributed by atoms with Crippen molar-refractivity contribution in [3.63, 3.8) is 0 Å². The number of hydrogen-bond acceptors (Lipinski definition) is 8. The first-order valence-corrected chi connectivity index (χ1v) is 13.6. The fraction of sp³-hybridized carbons (Fsp3) is 0.308. The van der Waals surface area contributed by atoms with Crippen molar-refractivity contribution < 1.29 is 44.8 Å². The molecule has 3 rings (SSSR count). The molecule has 9 nitrogen and oxygen atoms in total. The molecule has 0 bridgehead atoms. The lowest BCUT2D eigenvalue weighted by Crippen LogP contribution is -2.34. The lowest BCUT2D eigenvalue weighted by atomic mass is 10.2. The predicted molar refractivity (Wildman–Crippen MR) is 141 cm³/mol. The van der Waals surface area contributed by atoms with Crippen LogP contribution in [0.4, 0.5) is 23.7 Å². The number of carbonyl (C=O) groups excluding carboxylic acids is 1. The lowest BCUT2D eigenvalue weighted by Gasteiger charge is -2.26. The van der Waals surface area contributed by atoms with Gasteiger partial charge >= 0.3 is 22.4 Å². The van der Waals surface area contributed by atoms with Crippen LogP contribution in [0.1, 0.15) is 24.5 Å². The van der Waals surface area contributed by atoms with Gasteiger partial charge in [0.1, 0.15) is 28.0 Å². The molecule has 1 amide bonds. The molecule has 216 valence electrons. The number of pyridine rings is 1. The summed E-state index contributed by atoms with van der Waals surface area (Å²) in [5, 5.41) is -0.446. The molecule has 2 aromatic carbocycles. The minimum atomic E-state index is -4.68. The van der Waals surface area contributed by atoms with Crippen molar-refractivity contribution >= 4 is 33.5 Å². The molecule has 3 aromatic rings. The van der Waals surface area contributed by atoms with Gasteiger partial charge in [-0.1, -0.05) is 42.3 Å². The van der Waals surface area contributed by atoms with E-state index in [4.69, 9.17) is 30.0 Å². The summed E-state index contributed by atoms with van der Waals surface area (Å²) in [5.74, 6) is -0.417. The standard InChI is InChI=1S/C26H26ClF3N2O7S/c1-4-12-32(25(33)39-40(34,35)19-10-8-17(2)9-11-19)23-21(37-14-13-36-3)6-5-7-22(23)38-24-20(27)15-18(16-31-24)26(28,29)30/h5-11,15-16H,4,12-14H2,1-3H3. The van der Waals surface area contributed by atoms with Gasteiger partial charge in [0, 0.05) is 19.9 Å². The van der Waals surface area contributed by atoms with Gasteiger partial charge in [0.2, 0.25) is 5.88 Å². The number of nitrogens with zero attached hydrogens (tertiary/aromatic N) is 2. The molecule has 1 heterocycles. The molecule has 0 atom stereocenters. The number of para-hydroxylation sites is 1. The Kier molecular flexibility index (Phi) is 10.2. The van der Waals surface area contributed by atoms with Crippen LogP contribution in [0.25, 0.3) is 0 Å². The third-order valence-electron chi connectivity index (χ3n) is 5.28. The van der Waals surface area contributed by atoms with Gasteiger partial charge in [0.25, 0.3) is 0 Å². The monoisotopic (exact) mass is 602 g/mol. The van der Waals surface area contributed by atoms with E-state index in [1.807, 2.05) is 0 Å². The first kappa shape index (κ1) is 31.0. The first-order chi connectivity index (χ1) is 18.9. The number of amides is 1. The predicted octanol–water partition coefficient (Wildman–Crippen LogP) is 6.62. The van der Waals surface area contributed by atoms with Gasteiger partial charge in [-0.25, -0.2) is 9.78 Å². The number of ether oxygens (including phenoxy) is 3. The molecule has 1 aromatic heterocycles. The number of alkyl halides is 3. The number of halogens is 4. The van der Waals surface area contributed by atoms with Crippen molar-refractivity contribution in [1.29, 1.82) is 0 Å². The van der Waals surface area contributed by atoms with Crippen molar-refractivity contribution in [3.8, 4) is 17.4 Å². The molecular formula is C26H26ClF3N2O7S. The Morgan fingerprint density at radius 3 is 2.35 bits per heavy atom. The Hall–Kier alpha value is -3.55. The molecule has 0 aliphatic rings. The largest absolute Gasteiger partial charge is 0.489 e. The van der Waals surface area contributed by atoms with Crippen LogP contribution in [0.15, 0.2) is 59.6 Å². The van der Waals surface area contributed by atoms with Crippen molar-refractivity contribution in [2.75, 3.05) is 31.8 Å². The molecule has 0 saturated heterocycles. The summed E-state index contributed by atoms with van der Waals surface area (Å²) in [7, 11) is -3.05. The van der Waals surface area contributed by atoms with Crippen LogP contribution in [0, 0.1) is 6.92 Å². The summed E-state index contributed by atoms with van der Waals surface area (Å²) in [6.45, 7) is 3.68. The van der Waals surface area contributed by atoms with Crippen LogP contribution in [0.2, 0.25) is 5.02 Å². The quantitative estimate of drug-likeness (QED) is 0.178. The van der Waals surface area contributed by atoms with Crippen LogP contribution < -0.4 is 14.4 Å². The summed E-state index contributed by atoms with van der Waals surface area (Å²) in [5.41, 5.74) is -0.334. The zero-order valence-electron chi connectivity index (χ0n) is 21.7. The van der Waals surface area contributed by atoms with Gasteiger partial charge in [-0.2, -0.15) is 21.6 Å². The van der Waals surface area contributed by atoms with Crippen molar-refractivity contribution in [1.82, 2.24) is 4.98 Å². The maximum atomic E-state index is 13.3. The van der Waals surface area contributed by atoms with Gasteiger partial charge in [-0.05, 0) is 43.7 Å². The highest BCUT2D eigenvalue weighted by Gasteiger charge is 2.33. The SMILES string of the molecule is CCCN(C(=O)OS(=O)(=O)c1ccc(C)cc1)c1c(OCCOC)cccc1Oc1ncc(C(F)(F)F)cc1Cl. The van der Waals surface area contributed by atoms with E-state index < -0.39 is 33.0 Å². The molecular weight excluding hydrogens is 577 g/mol. The van der Waals surface area contributed by atoms with Gasteiger partial charge in [-0.15, -0.1) is 0 Å². The topological polar surface area (TPSA) is 104 Å². The molecule has 0 saturated carbocycles. The molecule has 0 spiro atoms. The van der Waals surface area contributed by atoms with Gasteiger partial charge in [-0.3, -0.25) is 4.90 Å². The molecule has 0 radical (unpaired) electrons. The van der Waals surface area contributed by atoms with Gasteiger partial charge in [0.15, 0.2) is 5.75 Å². The van der Waals surface area contributed by atoms with E-state index in [0.29, 0.717) is 18.7 Å². The maximum absolute atomic E-state index is 13.3. The summed E-state index contributed by atoms with van der Waals surface area (Å²) in [4.78, 5) is 17.8. The second-order valence-corrected chi connectivity index (χ2v) is 10.3. The van der Waals surface area contributed by atoms with E-state index in [2.05, 4.69) is 4.98 Å². The first-order valence-electron chi connectivity index (χ1n) is 11.9. The average molecular weight is 603 g/mol. The van der Waals surface area contributed by atoms with Crippen molar-refractivity contribution in [3.05, 3.63) is 70.9 Å². The lowest BCUT2D eigenvalue weighted by molar-refractivity contribution is -0.137. The highest BCUT2D eigenvalue weighted by atomic mass is 35.5. The highest BCUT2D eigenvalue weighted by Crippen LogP contribution is 2.42. The highest BCUT2D eigenvalue weighted by molar-refractivity contribution is 7.87. The van der Waals surface area contributed by atoms with Crippen molar-refractivity contribution in [2.24, 2.45) is 0 Å². The Morgan fingerprint density at radius 2 is 1.75 bits per heavy atom. The average Bonchev–Trinajstić information content (AvgIpc) is 2.88. The van der Waals surface area contributed by atoms with Crippen molar-refractivity contribution in [2.45, 2.75) is 31.3 Å². The minimum absolute atomic E-state index is 0.0442. The van der Waals surface area contributed by atoms with Crippen LogP contribution in [-0.2, 0) is 25.2 Å². The summed E-state index contributed by atoms with van der Waals surface area (Å²) in [6, 6.07) is 10.7. The smallest absolute Gasteiger partial charge is 0.430 e. The van der Waals surface area contributed by atoms with Crippen LogP contribution in [0.3, 0.4) is 0 Å². The van der Waals surface area contributed by atoms with E-state index in [1.54, 1.807) is 26.0 Å². The molecule has 0 N–H and O–H groups in total. The number of carbonyl (C=O) groups is 1.